The fourth-order valence-electron chi connectivity index (χ4n) is 3.61. The van der Waals surface area contributed by atoms with Gasteiger partial charge in [-0.05, 0) is 52.7 Å². The third-order valence-corrected chi connectivity index (χ3v) is 5.42. The van der Waals surface area contributed by atoms with Gasteiger partial charge in [0, 0.05) is 26.9 Å². The summed E-state index contributed by atoms with van der Waals surface area (Å²) >= 11 is 12.6. The third kappa shape index (κ3) is 2.53. The Hall–Kier alpha value is -2.81. The monoisotopic (exact) mass is 390 g/mol. The van der Waals surface area contributed by atoms with Gasteiger partial charge in [0.25, 0.3) is 0 Å². The van der Waals surface area contributed by atoms with Crippen molar-refractivity contribution in [2.75, 3.05) is 0 Å². The fourth-order valence-corrected chi connectivity index (χ4v) is 4.04. The van der Waals surface area contributed by atoms with Gasteiger partial charge < -0.3 is 4.42 Å². The van der Waals surface area contributed by atoms with Crippen LogP contribution in [0, 0.1) is 0 Å². The van der Waals surface area contributed by atoms with Crippen LogP contribution in [0.25, 0.3) is 43.8 Å². The second-order valence-corrected chi connectivity index (χ2v) is 7.29. The first-order valence-corrected chi connectivity index (χ1v) is 9.20. The van der Waals surface area contributed by atoms with E-state index in [4.69, 9.17) is 27.6 Å². The van der Waals surface area contributed by atoms with Gasteiger partial charge in [0.05, 0.1) is 5.02 Å². The SMILES string of the molecule is O=Cc1cc(Cl)ccc1-c1ccc(Cl)c2c1oc1cc3ccccc3cc12. The molecule has 0 atom stereocenters. The van der Waals surface area contributed by atoms with Crippen LogP contribution in [0.5, 0.6) is 0 Å². The van der Waals surface area contributed by atoms with Gasteiger partial charge in [-0.3, -0.25) is 4.79 Å². The summed E-state index contributed by atoms with van der Waals surface area (Å²) in [4.78, 5) is 11.6. The Bertz CT molecular complexity index is 1370. The van der Waals surface area contributed by atoms with E-state index in [9.17, 15) is 4.79 Å². The standard InChI is InChI=1S/C23H12Cl2O2/c24-16-5-6-17(15(9-16)12-26)18-7-8-20(25)22-19-10-13-3-1-2-4-14(13)11-21(19)27-23(18)22/h1-12H. The van der Waals surface area contributed by atoms with E-state index in [1.807, 2.05) is 42.5 Å². The fraction of sp³-hybridized carbons (Fsp3) is 0. The summed E-state index contributed by atoms with van der Waals surface area (Å²) < 4.78 is 6.22. The molecule has 0 amide bonds. The zero-order valence-electron chi connectivity index (χ0n) is 14.0. The molecule has 0 unspecified atom stereocenters. The molecule has 1 heterocycles. The zero-order valence-corrected chi connectivity index (χ0v) is 15.5. The number of aldehydes is 1. The number of hydrogen-bond acceptors (Lipinski definition) is 2. The molecule has 27 heavy (non-hydrogen) atoms. The lowest BCUT2D eigenvalue weighted by Crippen LogP contribution is -1.88. The molecule has 0 N–H and O–H groups in total. The van der Waals surface area contributed by atoms with Gasteiger partial charge >= 0.3 is 0 Å². The third-order valence-electron chi connectivity index (χ3n) is 4.87. The Morgan fingerprint density at radius 2 is 1.56 bits per heavy atom. The van der Waals surface area contributed by atoms with E-state index in [-0.39, 0.29) is 0 Å². The van der Waals surface area contributed by atoms with E-state index >= 15 is 0 Å². The minimum atomic E-state index is 0.511. The molecular weight excluding hydrogens is 379 g/mol. The van der Waals surface area contributed by atoms with Crippen LogP contribution >= 0.6 is 23.2 Å². The summed E-state index contributed by atoms with van der Waals surface area (Å²) in [5, 5.41) is 5.15. The molecule has 5 aromatic rings. The van der Waals surface area contributed by atoms with Crippen molar-refractivity contribution in [3.05, 3.63) is 82.3 Å². The van der Waals surface area contributed by atoms with E-state index in [0.29, 0.717) is 21.2 Å². The molecule has 0 aliphatic carbocycles. The van der Waals surface area contributed by atoms with Gasteiger partial charge in [0.1, 0.15) is 11.2 Å². The van der Waals surface area contributed by atoms with Crippen molar-refractivity contribution < 1.29 is 9.21 Å². The van der Waals surface area contributed by atoms with Crippen LogP contribution < -0.4 is 0 Å². The number of halogens is 2. The summed E-state index contributed by atoms with van der Waals surface area (Å²) in [6.07, 6.45) is 0.804. The maximum Gasteiger partial charge on any atom is 0.150 e. The predicted molar refractivity (Wildman–Crippen MR) is 112 cm³/mol. The van der Waals surface area contributed by atoms with Crippen molar-refractivity contribution >= 4 is 62.2 Å². The van der Waals surface area contributed by atoms with Crippen molar-refractivity contribution in [3.63, 3.8) is 0 Å². The van der Waals surface area contributed by atoms with Gasteiger partial charge in [-0.25, -0.2) is 0 Å². The highest BCUT2D eigenvalue weighted by Crippen LogP contribution is 2.41. The Morgan fingerprint density at radius 3 is 2.33 bits per heavy atom. The summed E-state index contributed by atoms with van der Waals surface area (Å²) in [5.41, 5.74) is 3.52. The summed E-state index contributed by atoms with van der Waals surface area (Å²) in [7, 11) is 0. The summed E-state index contributed by atoms with van der Waals surface area (Å²) in [6.45, 7) is 0. The maximum atomic E-state index is 11.6. The van der Waals surface area contributed by atoms with E-state index in [1.54, 1.807) is 12.1 Å². The molecule has 0 aliphatic heterocycles. The van der Waals surface area contributed by atoms with E-state index < -0.39 is 0 Å². The van der Waals surface area contributed by atoms with Crippen LogP contribution in [-0.4, -0.2) is 6.29 Å². The first-order valence-electron chi connectivity index (χ1n) is 8.44. The minimum Gasteiger partial charge on any atom is -0.455 e. The Labute approximate surface area is 164 Å². The Morgan fingerprint density at radius 1 is 0.815 bits per heavy atom. The minimum absolute atomic E-state index is 0.511. The van der Waals surface area contributed by atoms with Crippen molar-refractivity contribution in [1.29, 1.82) is 0 Å². The van der Waals surface area contributed by atoms with Gasteiger partial charge in [-0.2, -0.15) is 0 Å². The molecular formula is C23H12Cl2O2. The lowest BCUT2D eigenvalue weighted by atomic mass is 9.98. The molecule has 0 radical (unpaired) electrons. The van der Waals surface area contributed by atoms with E-state index in [1.165, 1.54) is 0 Å². The van der Waals surface area contributed by atoms with Crippen LogP contribution in [-0.2, 0) is 0 Å². The quantitative estimate of drug-likeness (QED) is 0.291. The van der Waals surface area contributed by atoms with Gasteiger partial charge in [-0.1, -0.05) is 53.5 Å². The van der Waals surface area contributed by atoms with Crippen LogP contribution in [0.15, 0.2) is 71.1 Å². The number of fused-ring (bicyclic) bond motifs is 4. The highest BCUT2D eigenvalue weighted by atomic mass is 35.5. The second-order valence-electron chi connectivity index (χ2n) is 6.45. The van der Waals surface area contributed by atoms with E-state index in [2.05, 4.69) is 12.1 Å². The van der Waals surface area contributed by atoms with Crippen molar-refractivity contribution in [1.82, 2.24) is 0 Å². The highest BCUT2D eigenvalue weighted by Gasteiger charge is 2.17. The zero-order chi connectivity index (χ0) is 18.5. The van der Waals surface area contributed by atoms with Crippen molar-refractivity contribution in [2.24, 2.45) is 0 Å². The Kier molecular flexibility index (Phi) is 3.71. The van der Waals surface area contributed by atoms with Crippen molar-refractivity contribution in [3.8, 4) is 11.1 Å². The van der Waals surface area contributed by atoms with Crippen LogP contribution in [0.4, 0.5) is 0 Å². The summed E-state index contributed by atoms with van der Waals surface area (Å²) in [5.74, 6) is 0. The number of rotatable bonds is 2. The van der Waals surface area contributed by atoms with E-state index in [0.717, 1.165) is 44.5 Å². The normalized spacial score (nSPS) is 11.5. The van der Waals surface area contributed by atoms with Crippen LogP contribution in [0.1, 0.15) is 10.4 Å². The van der Waals surface area contributed by atoms with Crippen LogP contribution in [0.3, 0.4) is 0 Å². The highest BCUT2D eigenvalue weighted by molar-refractivity contribution is 6.38. The lowest BCUT2D eigenvalue weighted by molar-refractivity contribution is 0.112. The van der Waals surface area contributed by atoms with Gasteiger partial charge in [0.2, 0.25) is 0 Å². The molecule has 130 valence electrons. The molecule has 4 aromatic carbocycles. The molecule has 0 aliphatic rings. The first kappa shape index (κ1) is 16.4. The largest absolute Gasteiger partial charge is 0.455 e. The smallest absolute Gasteiger partial charge is 0.150 e. The topological polar surface area (TPSA) is 30.2 Å². The molecule has 1 aromatic heterocycles. The molecule has 0 bridgehead atoms. The number of hydrogen-bond donors (Lipinski definition) is 0. The molecule has 0 spiro atoms. The molecule has 5 rings (SSSR count). The molecule has 2 nitrogen and oxygen atoms in total. The average molecular weight is 391 g/mol. The molecule has 0 fully saturated rings. The second kappa shape index (κ2) is 6.12. The molecule has 4 heteroatoms. The van der Waals surface area contributed by atoms with Gasteiger partial charge in [0.15, 0.2) is 6.29 Å². The van der Waals surface area contributed by atoms with Crippen molar-refractivity contribution in [2.45, 2.75) is 0 Å². The lowest BCUT2D eigenvalue weighted by Gasteiger charge is -2.07. The average Bonchev–Trinajstić information content (AvgIpc) is 3.06. The number of carbonyl (C=O) groups excluding carboxylic acids is 1. The number of carbonyl (C=O) groups is 1. The maximum absolute atomic E-state index is 11.6. The Balaban J connectivity index is 1.91. The molecule has 0 saturated heterocycles. The first-order chi connectivity index (χ1) is 13.2. The van der Waals surface area contributed by atoms with Crippen LogP contribution in [0.2, 0.25) is 10.0 Å². The summed E-state index contributed by atoms with van der Waals surface area (Å²) in [6, 6.07) is 21.2. The number of furan rings is 1. The number of benzene rings is 4. The van der Waals surface area contributed by atoms with Gasteiger partial charge in [-0.15, -0.1) is 0 Å². The predicted octanol–water partition coefficient (Wildman–Crippen LogP) is 7.53. The molecule has 0 saturated carbocycles.